The number of anilines is 1. The quantitative estimate of drug-likeness (QED) is 0.860. The Morgan fingerprint density at radius 3 is 2.56 bits per heavy atom. The lowest BCUT2D eigenvalue weighted by molar-refractivity contribution is 0.682. The van der Waals surface area contributed by atoms with Crippen molar-refractivity contribution in [2.24, 2.45) is 0 Å². The van der Waals surface area contributed by atoms with Crippen LogP contribution in [0.15, 0.2) is 47.4 Å². The third-order valence-electron chi connectivity index (χ3n) is 3.03. The second-order valence-corrected chi connectivity index (χ2v) is 5.89. The fourth-order valence-electron chi connectivity index (χ4n) is 1.84. The summed E-state index contributed by atoms with van der Waals surface area (Å²) in [6.07, 6.45) is 0. The molecule has 3 heteroatoms. The van der Waals surface area contributed by atoms with Crippen molar-refractivity contribution < 1.29 is 4.21 Å². The van der Waals surface area contributed by atoms with Gasteiger partial charge >= 0.3 is 0 Å². The number of aryl methyl sites for hydroxylation is 1. The summed E-state index contributed by atoms with van der Waals surface area (Å²) < 4.78 is 12.3. The molecule has 0 bridgehead atoms. The van der Waals surface area contributed by atoms with E-state index in [4.69, 9.17) is 5.73 Å². The molecule has 0 radical (unpaired) electrons. The molecule has 0 aliphatic heterocycles. The molecule has 2 aromatic carbocycles. The summed E-state index contributed by atoms with van der Waals surface area (Å²) in [4.78, 5) is 0.872. The van der Waals surface area contributed by atoms with Gasteiger partial charge in [0.05, 0.1) is 16.6 Å². The molecule has 0 spiro atoms. The van der Waals surface area contributed by atoms with Crippen molar-refractivity contribution in [3.05, 3.63) is 59.2 Å². The smallest absolute Gasteiger partial charge is 0.0574 e. The van der Waals surface area contributed by atoms with Gasteiger partial charge in [0.25, 0.3) is 0 Å². The Morgan fingerprint density at radius 2 is 1.83 bits per heavy atom. The second-order valence-electron chi connectivity index (χ2n) is 4.44. The second kappa shape index (κ2) is 5.36. The average Bonchev–Trinajstić information content (AvgIpc) is 2.35. The SMILES string of the molecule is Cc1cccc(S(=O)Cc2cccc(N)c2C)c1. The van der Waals surface area contributed by atoms with Crippen molar-refractivity contribution in [2.45, 2.75) is 24.5 Å². The summed E-state index contributed by atoms with van der Waals surface area (Å²) in [6, 6.07) is 13.6. The van der Waals surface area contributed by atoms with Gasteiger partial charge in [0.1, 0.15) is 0 Å². The molecule has 2 N–H and O–H groups in total. The van der Waals surface area contributed by atoms with Crippen molar-refractivity contribution in [1.29, 1.82) is 0 Å². The molecule has 0 heterocycles. The standard InChI is InChI=1S/C15H17NOS/c1-11-5-3-7-14(9-11)18(17)10-13-6-4-8-15(16)12(13)2/h3-9H,10,16H2,1-2H3. The molecule has 0 amide bonds. The Bertz CT molecular complexity index is 593. The first-order valence-electron chi connectivity index (χ1n) is 5.87. The van der Waals surface area contributed by atoms with Crippen molar-refractivity contribution in [1.82, 2.24) is 0 Å². The minimum Gasteiger partial charge on any atom is -0.399 e. The lowest BCUT2D eigenvalue weighted by Crippen LogP contribution is -2.01. The normalized spacial score (nSPS) is 12.3. The van der Waals surface area contributed by atoms with Crippen LogP contribution in [0.25, 0.3) is 0 Å². The number of hydrogen-bond acceptors (Lipinski definition) is 2. The molecule has 2 nitrogen and oxygen atoms in total. The number of benzene rings is 2. The Balaban J connectivity index is 2.24. The molecule has 1 atom stereocenters. The van der Waals surface area contributed by atoms with Crippen LogP contribution in [0.1, 0.15) is 16.7 Å². The third-order valence-corrected chi connectivity index (χ3v) is 4.38. The molecule has 0 aliphatic carbocycles. The van der Waals surface area contributed by atoms with E-state index in [1.165, 1.54) is 0 Å². The van der Waals surface area contributed by atoms with E-state index in [9.17, 15) is 4.21 Å². The van der Waals surface area contributed by atoms with Crippen LogP contribution in [0.2, 0.25) is 0 Å². The summed E-state index contributed by atoms with van der Waals surface area (Å²) in [5.74, 6) is 0.514. The molecule has 2 aromatic rings. The largest absolute Gasteiger partial charge is 0.399 e. The van der Waals surface area contributed by atoms with Crippen LogP contribution in [0, 0.1) is 13.8 Å². The number of nitrogens with two attached hydrogens (primary N) is 1. The van der Waals surface area contributed by atoms with E-state index < -0.39 is 10.8 Å². The Hall–Kier alpha value is -1.61. The topological polar surface area (TPSA) is 43.1 Å². The molecule has 2 rings (SSSR count). The summed E-state index contributed by atoms with van der Waals surface area (Å²) in [5, 5.41) is 0. The molecule has 0 saturated carbocycles. The molecule has 0 aromatic heterocycles. The van der Waals surface area contributed by atoms with Crippen LogP contribution in [0.3, 0.4) is 0 Å². The van der Waals surface area contributed by atoms with Gasteiger partial charge in [-0.25, -0.2) is 0 Å². The van der Waals surface area contributed by atoms with Crippen LogP contribution >= 0.6 is 0 Å². The summed E-state index contributed by atoms with van der Waals surface area (Å²) in [5.41, 5.74) is 9.83. The lowest BCUT2D eigenvalue weighted by Gasteiger charge is -2.08. The molecule has 94 valence electrons. The van der Waals surface area contributed by atoms with Gasteiger partial charge in [0.2, 0.25) is 0 Å². The van der Waals surface area contributed by atoms with Crippen molar-refractivity contribution in [3.63, 3.8) is 0 Å². The van der Waals surface area contributed by atoms with Crippen LogP contribution in [-0.4, -0.2) is 4.21 Å². The van der Waals surface area contributed by atoms with Crippen LogP contribution in [0.4, 0.5) is 5.69 Å². The van der Waals surface area contributed by atoms with Gasteiger partial charge in [-0.2, -0.15) is 0 Å². The molecule has 0 saturated heterocycles. The maximum absolute atomic E-state index is 12.3. The predicted molar refractivity (Wildman–Crippen MR) is 76.9 cm³/mol. The van der Waals surface area contributed by atoms with E-state index >= 15 is 0 Å². The first-order chi connectivity index (χ1) is 8.58. The lowest BCUT2D eigenvalue weighted by atomic mass is 10.1. The molecular formula is C15H17NOS. The highest BCUT2D eigenvalue weighted by Crippen LogP contribution is 2.20. The fourth-order valence-corrected chi connectivity index (χ4v) is 3.15. The van der Waals surface area contributed by atoms with Gasteiger partial charge in [0, 0.05) is 10.6 Å². The summed E-state index contributed by atoms with van der Waals surface area (Å²) >= 11 is 0. The molecular weight excluding hydrogens is 242 g/mol. The molecule has 1 unspecified atom stereocenters. The summed E-state index contributed by atoms with van der Waals surface area (Å²) in [7, 11) is -1.02. The van der Waals surface area contributed by atoms with E-state index in [-0.39, 0.29) is 0 Å². The van der Waals surface area contributed by atoms with Gasteiger partial charge in [-0.1, -0.05) is 24.3 Å². The minimum absolute atomic E-state index is 0.514. The number of hydrogen-bond donors (Lipinski definition) is 1. The van der Waals surface area contributed by atoms with Gasteiger partial charge in [-0.05, 0) is 48.7 Å². The van der Waals surface area contributed by atoms with E-state index in [2.05, 4.69) is 0 Å². The number of nitrogen functional groups attached to an aromatic ring is 1. The Morgan fingerprint density at radius 1 is 1.11 bits per heavy atom. The monoisotopic (exact) mass is 259 g/mol. The fraction of sp³-hybridized carbons (Fsp3) is 0.200. The number of rotatable bonds is 3. The van der Waals surface area contributed by atoms with Gasteiger partial charge in [-0.15, -0.1) is 0 Å². The Kier molecular flexibility index (Phi) is 3.82. The Labute approximate surface area is 110 Å². The minimum atomic E-state index is -1.02. The van der Waals surface area contributed by atoms with E-state index in [1.54, 1.807) is 0 Å². The van der Waals surface area contributed by atoms with Crippen molar-refractivity contribution >= 4 is 16.5 Å². The van der Waals surface area contributed by atoms with E-state index in [0.717, 1.165) is 27.3 Å². The highest BCUT2D eigenvalue weighted by atomic mass is 32.2. The van der Waals surface area contributed by atoms with E-state index in [1.807, 2.05) is 56.3 Å². The highest BCUT2D eigenvalue weighted by molar-refractivity contribution is 7.84. The zero-order valence-electron chi connectivity index (χ0n) is 10.6. The molecule has 0 fully saturated rings. The highest BCUT2D eigenvalue weighted by Gasteiger charge is 2.08. The van der Waals surface area contributed by atoms with Crippen LogP contribution in [0.5, 0.6) is 0 Å². The maximum Gasteiger partial charge on any atom is 0.0574 e. The predicted octanol–water partition coefficient (Wildman–Crippen LogP) is 3.19. The molecule has 18 heavy (non-hydrogen) atoms. The molecule has 0 aliphatic rings. The zero-order valence-corrected chi connectivity index (χ0v) is 11.5. The van der Waals surface area contributed by atoms with Crippen molar-refractivity contribution in [2.75, 3.05) is 5.73 Å². The van der Waals surface area contributed by atoms with E-state index in [0.29, 0.717) is 5.75 Å². The van der Waals surface area contributed by atoms with Crippen molar-refractivity contribution in [3.8, 4) is 0 Å². The van der Waals surface area contributed by atoms with Gasteiger partial charge in [0.15, 0.2) is 0 Å². The van der Waals surface area contributed by atoms with Gasteiger partial charge < -0.3 is 5.73 Å². The van der Waals surface area contributed by atoms with Gasteiger partial charge in [-0.3, -0.25) is 4.21 Å². The zero-order chi connectivity index (χ0) is 13.1. The average molecular weight is 259 g/mol. The van der Waals surface area contributed by atoms with Crippen LogP contribution < -0.4 is 5.73 Å². The summed E-state index contributed by atoms with van der Waals surface area (Å²) in [6.45, 7) is 3.98. The maximum atomic E-state index is 12.3. The van der Waals surface area contributed by atoms with Crippen LogP contribution in [-0.2, 0) is 16.6 Å². The first-order valence-corrected chi connectivity index (χ1v) is 7.19. The first kappa shape index (κ1) is 12.8. The third kappa shape index (κ3) is 2.79.